The van der Waals surface area contributed by atoms with Crippen LogP contribution in [0.5, 0.6) is 0 Å². The lowest BCUT2D eigenvalue weighted by Gasteiger charge is -2.22. The molecular weight excluding hydrogens is 294 g/mol. The van der Waals surface area contributed by atoms with Crippen molar-refractivity contribution >= 4 is 11.9 Å². The van der Waals surface area contributed by atoms with Crippen molar-refractivity contribution in [2.45, 2.75) is 25.1 Å². The first-order chi connectivity index (χ1) is 9.71. The summed E-state index contributed by atoms with van der Waals surface area (Å²) in [6, 6.07) is 0.831. The van der Waals surface area contributed by atoms with Gasteiger partial charge in [-0.05, 0) is 31.0 Å². The number of nitrogens with zero attached hydrogens (tertiary/aromatic N) is 1. The smallest absolute Gasteiger partial charge is 0.419 e. The van der Waals surface area contributed by atoms with Gasteiger partial charge < -0.3 is 10.0 Å². The number of benzene rings is 1. The van der Waals surface area contributed by atoms with Crippen LogP contribution in [0.25, 0.3) is 0 Å². The summed E-state index contributed by atoms with van der Waals surface area (Å²) in [6.45, 7) is 0.147. The Morgan fingerprint density at radius 1 is 1.29 bits per heavy atom. The highest BCUT2D eigenvalue weighted by molar-refractivity contribution is 5.97. The molecule has 1 heterocycles. The fourth-order valence-electron chi connectivity index (χ4n) is 2.31. The molecule has 1 N–H and O–H groups in total. The van der Waals surface area contributed by atoms with Crippen molar-refractivity contribution in [3.05, 3.63) is 35.1 Å². The quantitative estimate of drug-likeness (QED) is 0.854. The number of alkyl halides is 3. The second kappa shape index (κ2) is 5.34. The third-order valence-corrected chi connectivity index (χ3v) is 3.32. The zero-order valence-electron chi connectivity index (χ0n) is 10.7. The van der Waals surface area contributed by atoms with E-state index >= 15 is 0 Å². The first kappa shape index (κ1) is 15.3. The van der Waals surface area contributed by atoms with E-state index < -0.39 is 35.5 Å². The normalized spacial score (nSPS) is 18.9. The number of rotatable bonds is 2. The van der Waals surface area contributed by atoms with Gasteiger partial charge in [0.2, 0.25) is 0 Å². The Morgan fingerprint density at radius 3 is 2.52 bits per heavy atom. The van der Waals surface area contributed by atoms with E-state index in [2.05, 4.69) is 0 Å². The van der Waals surface area contributed by atoms with Crippen molar-refractivity contribution in [3.8, 4) is 0 Å². The monoisotopic (exact) mass is 305 g/mol. The molecule has 0 radical (unpaired) electrons. The molecule has 2 rings (SSSR count). The topological polar surface area (TPSA) is 57.6 Å². The molecule has 0 spiro atoms. The van der Waals surface area contributed by atoms with Gasteiger partial charge >= 0.3 is 12.1 Å². The number of carbonyl (C=O) groups is 2. The molecule has 1 amide bonds. The van der Waals surface area contributed by atoms with Crippen molar-refractivity contribution < 1.29 is 32.3 Å². The molecule has 114 valence electrons. The summed E-state index contributed by atoms with van der Waals surface area (Å²) in [6.07, 6.45) is -4.22. The molecule has 1 aromatic carbocycles. The first-order valence-electron chi connectivity index (χ1n) is 6.12. The molecule has 1 aromatic rings. The van der Waals surface area contributed by atoms with E-state index in [1.165, 1.54) is 0 Å². The maximum absolute atomic E-state index is 13.2. The molecule has 4 nitrogen and oxygen atoms in total. The Kier molecular flexibility index (Phi) is 3.89. The number of hydrogen-bond acceptors (Lipinski definition) is 2. The number of aliphatic carboxylic acids is 1. The fourth-order valence-corrected chi connectivity index (χ4v) is 2.31. The van der Waals surface area contributed by atoms with E-state index in [1.54, 1.807) is 0 Å². The molecule has 1 aliphatic heterocycles. The van der Waals surface area contributed by atoms with Crippen molar-refractivity contribution in [2.24, 2.45) is 0 Å². The summed E-state index contributed by atoms with van der Waals surface area (Å²) >= 11 is 0. The van der Waals surface area contributed by atoms with Crippen LogP contribution in [0, 0.1) is 5.82 Å². The van der Waals surface area contributed by atoms with Gasteiger partial charge in [0, 0.05) is 12.1 Å². The minimum absolute atomic E-state index is 0.147. The highest BCUT2D eigenvalue weighted by Crippen LogP contribution is 2.32. The molecule has 8 heteroatoms. The van der Waals surface area contributed by atoms with Gasteiger partial charge in [-0.15, -0.1) is 0 Å². The summed E-state index contributed by atoms with van der Waals surface area (Å²) in [5.74, 6) is -3.53. The van der Waals surface area contributed by atoms with Crippen molar-refractivity contribution in [3.63, 3.8) is 0 Å². The summed E-state index contributed by atoms with van der Waals surface area (Å²) in [5.41, 5.74) is -1.92. The Balaban J connectivity index is 2.34. The average molecular weight is 305 g/mol. The van der Waals surface area contributed by atoms with Gasteiger partial charge in [0.25, 0.3) is 5.91 Å². The third-order valence-electron chi connectivity index (χ3n) is 3.32. The van der Waals surface area contributed by atoms with Crippen LogP contribution in [0.15, 0.2) is 18.2 Å². The molecule has 0 bridgehead atoms. The zero-order chi connectivity index (χ0) is 15.8. The SMILES string of the molecule is O=C(O)C1CCCN1C(=O)c1ccc(F)c(C(F)(F)F)c1. The molecule has 1 saturated heterocycles. The minimum atomic E-state index is -4.92. The standard InChI is InChI=1S/C13H11F4NO3/c14-9-4-3-7(6-8(9)13(15,16)17)11(19)18-5-1-2-10(18)12(20)21/h3-4,6,10H,1-2,5H2,(H,20,21). The number of amides is 1. The van der Waals surface area contributed by atoms with Gasteiger partial charge in [-0.25, -0.2) is 9.18 Å². The van der Waals surface area contributed by atoms with Crippen molar-refractivity contribution in [1.82, 2.24) is 4.90 Å². The number of likely N-dealkylation sites (tertiary alicyclic amines) is 1. The average Bonchev–Trinajstić information content (AvgIpc) is 2.86. The first-order valence-corrected chi connectivity index (χ1v) is 6.12. The van der Waals surface area contributed by atoms with Gasteiger partial charge in [0.05, 0.1) is 5.56 Å². The number of carboxylic acid groups (broad SMARTS) is 1. The van der Waals surface area contributed by atoms with Crippen LogP contribution in [0.4, 0.5) is 17.6 Å². The molecule has 1 unspecified atom stereocenters. The Labute approximate surface area is 117 Å². The predicted octanol–water partition coefficient (Wildman–Crippen LogP) is 2.53. The highest BCUT2D eigenvalue weighted by atomic mass is 19.4. The van der Waals surface area contributed by atoms with E-state index in [1.807, 2.05) is 0 Å². The maximum atomic E-state index is 13.2. The van der Waals surface area contributed by atoms with Crippen LogP contribution in [-0.4, -0.2) is 34.5 Å². The Morgan fingerprint density at radius 2 is 1.95 bits per heavy atom. The zero-order valence-corrected chi connectivity index (χ0v) is 10.7. The molecule has 0 aliphatic carbocycles. The summed E-state index contributed by atoms with van der Waals surface area (Å²) in [4.78, 5) is 24.1. The number of carboxylic acids is 1. The van der Waals surface area contributed by atoms with Crippen LogP contribution in [0.1, 0.15) is 28.8 Å². The van der Waals surface area contributed by atoms with Crippen LogP contribution < -0.4 is 0 Å². The Bertz CT molecular complexity index is 585. The number of carbonyl (C=O) groups excluding carboxylic acids is 1. The number of halogens is 4. The lowest BCUT2D eigenvalue weighted by molar-refractivity contribution is -0.142. The number of hydrogen-bond donors (Lipinski definition) is 1. The molecule has 1 aliphatic rings. The maximum Gasteiger partial charge on any atom is 0.419 e. The van der Waals surface area contributed by atoms with Crippen LogP contribution in [0.2, 0.25) is 0 Å². The molecule has 0 saturated carbocycles. The lowest BCUT2D eigenvalue weighted by Crippen LogP contribution is -2.40. The van der Waals surface area contributed by atoms with Gasteiger partial charge in [0.15, 0.2) is 0 Å². The second-order valence-electron chi connectivity index (χ2n) is 4.69. The molecule has 1 fully saturated rings. The van der Waals surface area contributed by atoms with Gasteiger partial charge in [-0.1, -0.05) is 0 Å². The van der Waals surface area contributed by atoms with E-state index in [0.717, 1.165) is 11.0 Å². The van der Waals surface area contributed by atoms with Gasteiger partial charge in [-0.2, -0.15) is 13.2 Å². The fraction of sp³-hybridized carbons (Fsp3) is 0.385. The van der Waals surface area contributed by atoms with E-state index in [9.17, 15) is 27.2 Å². The molecule has 0 aromatic heterocycles. The van der Waals surface area contributed by atoms with E-state index in [-0.39, 0.29) is 18.5 Å². The lowest BCUT2D eigenvalue weighted by atomic mass is 10.1. The van der Waals surface area contributed by atoms with E-state index in [4.69, 9.17) is 5.11 Å². The van der Waals surface area contributed by atoms with Gasteiger partial charge in [0.1, 0.15) is 11.9 Å². The van der Waals surface area contributed by atoms with Gasteiger partial charge in [-0.3, -0.25) is 4.79 Å². The summed E-state index contributed by atoms with van der Waals surface area (Å²) in [5, 5.41) is 8.97. The van der Waals surface area contributed by atoms with E-state index in [0.29, 0.717) is 18.6 Å². The molecule has 21 heavy (non-hydrogen) atoms. The van der Waals surface area contributed by atoms with Crippen LogP contribution in [-0.2, 0) is 11.0 Å². The molecule has 1 atom stereocenters. The largest absolute Gasteiger partial charge is 0.480 e. The Hall–Kier alpha value is -2.12. The van der Waals surface area contributed by atoms with Crippen molar-refractivity contribution in [1.29, 1.82) is 0 Å². The third kappa shape index (κ3) is 2.98. The molecular formula is C13H11F4NO3. The van der Waals surface area contributed by atoms with Crippen LogP contribution in [0.3, 0.4) is 0 Å². The predicted molar refractivity (Wildman–Crippen MR) is 63.1 cm³/mol. The second-order valence-corrected chi connectivity index (χ2v) is 4.69. The highest BCUT2D eigenvalue weighted by Gasteiger charge is 2.37. The van der Waals surface area contributed by atoms with Crippen molar-refractivity contribution in [2.75, 3.05) is 6.54 Å². The summed E-state index contributed by atoms with van der Waals surface area (Å²) in [7, 11) is 0. The minimum Gasteiger partial charge on any atom is -0.480 e. The van der Waals surface area contributed by atoms with Crippen LogP contribution >= 0.6 is 0 Å². The summed E-state index contributed by atoms with van der Waals surface area (Å²) < 4.78 is 51.0.